The summed E-state index contributed by atoms with van der Waals surface area (Å²) in [5, 5.41) is 3.79. The van der Waals surface area contributed by atoms with Crippen LogP contribution in [-0.2, 0) is 21.2 Å². The third-order valence-electron chi connectivity index (χ3n) is 7.33. The molecular formula is C27H36N2O4S. The number of hydrogen-bond donors (Lipinski definition) is 1. The van der Waals surface area contributed by atoms with Crippen molar-refractivity contribution in [1.82, 2.24) is 10.2 Å². The van der Waals surface area contributed by atoms with E-state index in [9.17, 15) is 13.2 Å². The van der Waals surface area contributed by atoms with E-state index in [4.69, 9.17) is 4.74 Å². The topological polar surface area (TPSA) is 75.7 Å². The number of fused-ring (bicyclic) bond motifs is 1. The highest BCUT2D eigenvalue weighted by Crippen LogP contribution is 2.41. The normalized spacial score (nSPS) is 24.0. The molecule has 2 aliphatic heterocycles. The largest absolute Gasteiger partial charge is 0.496 e. The quantitative estimate of drug-likeness (QED) is 0.592. The Morgan fingerprint density at radius 1 is 1.18 bits per heavy atom. The van der Waals surface area contributed by atoms with E-state index in [2.05, 4.69) is 19.2 Å². The second-order valence-electron chi connectivity index (χ2n) is 9.61. The molecule has 0 aromatic heterocycles. The van der Waals surface area contributed by atoms with Gasteiger partial charge in [0.25, 0.3) is 0 Å². The highest BCUT2D eigenvalue weighted by Gasteiger charge is 2.42. The van der Waals surface area contributed by atoms with Gasteiger partial charge in [-0.2, -0.15) is 0 Å². The van der Waals surface area contributed by atoms with Gasteiger partial charge < -0.3 is 9.64 Å². The number of amides is 1. The van der Waals surface area contributed by atoms with Crippen LogP contribution in [0.1, 0.15) is 75.1 Å². The molecule has 2 atom stereocenters. The van der Waals surface area contributed by atoms with Crippen molar-refractivity contribution in [2.24, 2.45) is 0 Å². The number of rotatable bonds is 8. The molecule has 1 fully saturated rings. The van der Waals surface area contributed by atoms with Crippen LogP contribution in [0.25, 0.3) is 0 Å². The van der Waals surface area contributed by atoms with Gasteiger partial charge in [0.15, 0.2) is 9.84 Å². The zero-order chi connectivity index (χ0) is 24.3. The Bertz CT molecular complexity index is 1130. The highest BCUT2D eigenvalue weighted by molar-refractivity contribution is 7.91. The number of benzene rings is 2. The molecule has 1 saturated heterocycles. The minimum Gasteiger partial charge on any atom is -0.496 e. The minimum absolute atomic E-state index is 0.0568. The predicted octanol–water partition coefficient (Wildman–Crippen LogP) is 4.62. The number of sulfone groups is 1. The standard InChI is InChI=1S/C27H36N2O4S/c1-4-6-14-27(5-2)19-34(31,32)24-16-21(18-29-15-10-13-25(29)30)23(33-3)17-22(24)26(28-27)20-11-8-7-9-12-20/h7-9,11-12,16-17,26,28H,4-6,10,13-15,18-19H2,1-3H3/t26-,27-/m1/s1. The molecule has 6 nitrogen and oxygen atoms in total. The molecule has 0 unspecified atom stereocenters. The Hall–Kier alpha value is -2.38. The summed E-state index contributed by atoms with van der Waals surface area (Å²) in [5.74, 6) is 0.781. The van der Waals surface area contributed by atoms with Gasteiger partial charge in [0.05, 0.1) is 23.8 Å². The van der Waals surface area contributed by atoms with Crippen LogP contribution < -0.4 is 10.1 Å². The smallest absolute Gasteiger partial charge is 0.222 e. The summed E-state index contributed by atoms with van der Waals surface area (Å²) in [6, 6.07) is 13.4. The molecule has 0 bridgehead atoms. The van der Waals surface area contributed by atoms with Crippen LogP contribution in [0.2, 0.25) is 0 Å². The maximum Gasteiger partial charge on any atom is 0.222 e. The zero-order valence-electron chi connectivity index (χ0n) is 20.5. The number of carbonyl (C=O) groups excluding carboxylic acids is 1. The maximum absolute atomic E-state index is 13.9. The fraction of sp³-hybridized carbons (Fsp3) is 0.519. The molecule has 2 aromatic carbocycles. The lowest BCUT2D eigenvalue weighted by Gasteiger charge is -2.36. The molecule has 0 radical (unpaired) electrons. The number of nitrogens with one attached hydrogen (secondary N) is 1. The molecule has 184 valence electrons. The molecule has 2 heterocycles. The van der Waals surface area contributed by atoms with Crippen molar-refractivity contribution in [2.45, 2.75) is 75.4 Å². The van der Waals surface area contributed by atoms with Gasteiger partial charge in [-0.05, 0) is 42.5 Å². The molecule has 7 heteroatoms. The van der Waals surface area contributed by atoms with Gasteiger partial charge in [0.2, 0.25) is 5.91 Å². The van der Waals surface area contributed by atoms with Crippen LogP contribution in [0, 0.1) is 0 Å². The van der Waals surface area contributed by atoms with E-state index in [-0.39, 0.29) is 17.7 Å². The number of hydrogen-bond acceptors (Lipinski definition) is 5. The van der Waals surface area contributed by atoms with Crippen LogP contribution in [0.15, 0.2) is 47.4 Å². The molecule has 0 saturated carbocycles. The van der Waals surface area contributed by atoms with E-state index >= 15 is 0 Å². The molecule has 2 aromatic rings. The van der Waals surface area contributed by atoms with Crippen molar-refractivity contribution < 1.29 is 17.9 Å². The van der Waals surface area contributed by atoms with Gasteiger partial charge in [-0.15, -0.1) is 0 Å². The van der Waals surface area contributed by atoms with Gasteiger partial charge in [-0.1, -0.05) is 57.0 Å². The fourth-order valence-corrected chi connectivity index (χ4v) is 7.49. The van der Waals surface area contributed by atoms with E-state index in [1.807, 2.05) is 36.4 Å². The second kappa shape index (κ2) is 10.1. The monoisotopic (exact) mass is 484 g/mol. The van der Waals surface area contributed by atoms with Crippen LogP contribution in [0.5, 0.6) is 5.75 Å². The third kappa shape index (κ3) is 4.86. The van der Waals surface area contributed by atoms with Crippen LogP contribution in [-0.4, -0.2) is 44.2 Å². The van der Waals surface area contributed by atoms with E-state index < -0.39 is 15.4 Å². The average Bonchev–Trinajstić information content (AvgIpc) is 3.21. The summed E-state index contributed by atoms with van der Waals surface area (Å²) >= 11 is 0. The number of carbonyl (C=O) groups is 1. The number of ether oxygens (including phenoxy) is 1. The van der Waals surface area contributed by atoms with Gasteiger partial charge >= 0.3 is 0 Å². The summed E-state index contributed by atoms with van der Waals surface area (Å²) in [6.45, 7) is 5.26. The summed E-state index contributed by atoms with van der Waals surface area (Å²) in [7, 11) is -1.98. The Kier molecular flexibility index (Phi) is 7.33. The maximum atomic E-state index is 13.9. The number of nitrogens with zero attached hydrogens (tertiary/aromatic N) is 1. The molecule has 0 spiro atoms. The number of methoxy groups -OCH3 is 1. The van der Waals surface area contributed by atoms with Crippen LogP contribution in [0.3, 0.4) is 0 Å². The molecule has 2 aliphatic rings. The van der Waals surface area contributed by atoms with Crippen molar-refractivity contribution >= 4 is 15.7 Å². The van der Waals surface area contributed by atoms with Crippen molar-refractivity contribution in [3.05, 3.63) is 59.2 Å². The van der Waals surface area contributed by atoms with Crippen molar-refractivity contribution in [2.75, 3.05) is 19.4 Å². The first-order valence-corrected chi connectivity index (χ1v) is 14.0. The third-order valence-corrected chi connectivity index (χ3v) is 9.28. The Balaban J connectivity index is 1.88. The molecule has 4 rings (SSSR count). The van der Waals surface area contributed by atoms with Crippen molar-refractivity contribution in [3.63, 3.8) is 0 Å². The predicted molar refractivity (Wildman–Crippen MR) is 134 cm³/mol. The first-order chi connectivity index (χ1) is 16.3. The van der Waals surface area contributed by atoms with E-state index in [1.54, 1.807) is 18.1 Å². The van der Waals surface area contributed by atoms with Gasteiger partial charge in [0.1, 0.15) is 5.75 Å². The van der Waals surface area contributed by atoms with Gasteiger partial charge in [-0.3, -0.25) is 10.1 Å². The molecular weight excluding hydrogens is 448 g/mol. The lowest BCUT2D eigenvalue weighted by molar-refractivity contribution is -0.128. The average molecular weight is 485 g/mol. The first kappa shape index (κ1) is 24.7. The molecule has 34 heavy (non-hydrogen) atoms. The first-order valence-electron chi connectivity index (χ1n) is 12.4. The van der Waals surface area contributed by atoms with E-state index in [0.29, 0.717) is 35.7 Å². The molecule has 1 amide bonds. The van der Waals surface area contributed by atoms with Crippen molar-refractivity contribution in [3.8, 4) is 5.75 Å². The highest BCUT2D eigenvalue weighted by atomic mass is 32.2. The lowest BCUT2D eigenvalue weighted by Crippen LogP contribution is -2.50. The van der Waals surface area contributed by atoms with Crippen molar-refractivity contribution in [1.29, 1.82) is 0 Å². The Morgan fingerprint density at radius 3 is 2.56 bits per heavy atom. The van der Waals surface area contributed by atoms with Gasteiger partial charge in [0, 0.05) is 30.6 Å². The Labute approximate surface area is 203 Å². The fourth-order valence-electron chi connectivity index (χ4n) is 5.32. The van der Waals surface area contributed by atoms with Gasteiger partial charge in [-0.25, -0.2) is 8.42 Å². The summed E-state index contributed by atoms with van der Waals surface area (Å²) in [4.78, 5) is 14.4. The number of likely N-dealkylation sites (tertiary alicyclic amines) is 1. The molecule has 1 N–H and O–H groups in total. The minimum atomic E-state index is -3.59. The van der Waals surface area contributed by atoms with E-state index in [0.717, 1.165) is 43.2 Å². The lowest BCUT2D eigenvalue weighted by atomic mass is 9.88. The summed E-state index contributed by atoms with van der Waals surface area (Å²) < 4.78 is 33.5. The Morgan fingerprint density at radius 2 is 1.94 bits per heavy atom. The van der Waals surface area contributed by atoms with Crippen LogP contribution >= 0.6 is 0 Å². The zero-order valence-corrected chi connectivity index (χ0v) is 21.3. The number of unbranched alkanes of at least 4 members (excludes halogenated alkanes) is 1. The summed E-state index contributed by atoms with van der Waals surface area (Å²) in [6.07, 6.45) is 4.86. The SMILES string of the molecule is CCCC[C@]1(CC)CS(=O)(=O)c2cc(CN3CCCC3=O)c(OC)cc2[C@@H](c2ccccc2)N1. The summed E-state index contributed by atoms with van der Waals surface area (Å²) in [5.41, 5.74) is 1.96. The molecule has 0 aliphatic carbocycles. The van der Waals surface area contributed by atoms with Crippen LogP contribution in [0.4, 0.5) is 0 Å². The van der Waals surface area contributed by atoms with E-state index in [1.165, 1.54) is 0 Å². The second-order valence-corrected chi connectivity index (χ2v) is 11.6.